The van der Waals surface area contributed by atoms with Crippen molar-refractivity contribution in [1.82, 2.24) is 10.2 Å². The van der Waals surface area contributed by atoms with Gasteiger partial charge in [0.05, 0.1) is 6.04 Å². The van der Waals surface area contributed by atoms with Crippen LogP contribution in [0.1, 0.15) is 47.0 Å². The Morgan fingerprint density at radius 2 is 1.95 bits per heavy atom. The first-order valence-electron chi connectivity index (χ1n) is 7.56. The quantitative estimate of drug-likeness (QED) is 0.745. The summed E-state index contributed by atoms with van der Waals surface area (Å²) in [6, 6.07) is -0.427. The predicted molar refractivity (Wildman–Crippen MR) is 79.9 cm³/mol. The summed E-state index contributed by atoms with van der Waals surface area (Å²) < 4.78 is 0. The lowest BCUT2D eigenvalue weighted by molar-refractivity contribution is -0.124. The molecule has 19 heavy (non-hydrogen) atoms. The number of nitrogens with one attached hydrogen (secondary N) is 1. The van der Waals surface area contributed by atoms with Gasteiger partial charge in [-0.2, -0.15) is 0 Å². The highest BCUT2D eigenvalue weighted by Crippen LogP contribution is 2.17. The molecule has 1 saturated heterocycles. The smallest absolute Gasteiger partial charge is 0.237 e. The van der Waals surface area contributed by atoms with E-state index >= 15 is 0 Å². The molecule has 4 nitrogen and oxygen atoms in total. The average molecular weight is 269 g/mol. The van der Waals surface area contributed by atoms with Crippen molar-refractivity contribution >= 4 is 5.91 Å². The molecule has 0 spiro atoms. The molecule has 0 bridgehead atoms. The Balaban J connectivity index is 2.12. The van der Waals surface area contributed by atoms with E-state index in [4.69, 9.17) is 5.73 Å². The van der Waals surface area contributed by atoms with Crippen LogP contribution in [0.2, 0.25) is 0 Å². The average Bonchev–Trinajstić information content (AvgIpc) is 2.34. The number of carbonyl (C=O) groups is 1. The zero-order valence-electron chi connectivity index (χ0n) is 13.0. The van der Waals surface area contributed by atoms with E-state index < -0.39 is 6.04 Å². The molecular formula is C15H31N3O. The first-order valence-corrected chi connectivity index (χ1v) is 7.56. The van der Waals surface area contributed by atoms with Gasteiger partial charge < -0.3 is 16.0 Å². The van der Waals surface area contributed by atoms with E-state index in [9.17, 15) is 4.79 Å². The van der Waals surface area contributed by atoms with Gasteiger partial charge in [-0.15, -0.1) is 0 Å². The Morgan fingerprint density at radius 3 is 2.47 bits per heavy atom. The van der Waals surface area contributed by atoms with Gasteiger partial charge in [0.15, 0.2) is 0 Å². The minimum atomic E-state index is -0.427. The van der Waals surface area contributed by atoms with Crippen molar-refractivity contribution in [2.45, 2.75) is 53.0 Å². The van der Waals surface area contributed by atoms with Crippen molar-refractivity contribution in [2.24, 2.45) is 17.1 Å². The SMILES string of the molecule is CC1CCN(CCCNC(=O)C(N)C(C)(C)C)CC1. The maximum atomic E-state index is 11.8. The number of piperidine rings is 1. The van der Waals surface area contributed by atoms with E-state index in [2.05, 4.69) is 17.1 Å². The monoisotopic (exact) mass is 269 g/mol. The van der Waals surface area contributed by atoms with Crippen LogP contribution in [-0.2, 0) is 4.79 Å². The van der Waals surface area contributed by atoms with E-state index in [0.29, 0.717) is 0 Å². The topological polar surface area (TPSA) is 58.4 Å². The summed E-state index contributed by atoms with van der Waals surface area (Å²) in [6.07, 6.45) is 3.62. The molecule has 4 heteroatoms. The molecule has 1 aliphatic heterocycles. The standard InChI is InChI=1S/C15H31N3O/c1-12-6-10-18(11-7-12)9-5-8-17-14(19)13(16)15(2,3)4/h12-13H,5-11,16H2,1-4H3,(H,17,19). The van der Waals surface area contributed by atoms with E-state index in [-0.39, 0.29) is 11.3 Å². The summed E-state index contributed by atoms with van der Waals surface area (Å²) in [4.78, 5) is 14.3. The summed E-state index contributed by atoms with van der Waals surface area (Å²) in [5.41, 5.74) is 5.74. The molecule has 0 aromatic heterocycles. The second-order valence-electron chi connectivity index (χ2n) is 7.01. The molecule has 1 atom stereocenters. The number of likely N-dealkylation sites (tertiary alicyclic amines) is 1. The highest BCUT2D eigenvalue weighted by Gasteiger charge is 2.27. The molecule has 1 heterocycles. The van der Waals surface area contributed by atoms with Crippen LogP contribution >= 0.6 is 0 Å². The molecule has 1 aliphatic rings. The Morgan fingerprint density at radius 1 is 1.37 bits per heavy atom. The number of carbonyl (C=O) groups excluding carboxylic acids is 1. The van der Waals surface area contributed by atoms with Gasteiger partial charge in [0.1, 0.15) is 0 Å². The number of rotatable bonds is 5. The number of hydrogen-bond donors (Lipinski definition) is 2. The number of amides is 1. The van der Waals surface area contributed by atoms with Crippen molar-refractivity contribution in [2.75, 3.05) is 26.2 Å². The second kappa shape index (κ2) is 7.25. The Labute approximate surface area is 118 Å². The molecule has 112 valence electrons. The summed E-state index contributed by atoms with van der Waals surface area (Å²) in [7, 11) is 0. The number of nitrogens with two attached hydrogens (primary N) is 1. The molecule has 3 N–H and O–H groups in total. The van der Waals surface area contributed by atoms with Crippen LogP contribution in [0.5, 0.6) is 0 Å². The fourth-order valence-electron chi connectivity index (χ4n) is 2.30. The largest absolute Gasteiger partial charge is 0.355 e. The summed E-state index contributed by atoms with van der Waals surface area (Å²) in [6.45, 7) is 12.5. The molecule has 1 fully saturated rings. The third kappa shape index (κ3) is 5.91. The Kier molecular flexibility index (Phi) is 6.27. The van der Waals surface area contributed by atoms with Gasteiger partial charge in [0.2, 0.25) is 5.91 Å². The molecule has 0 aromatic carbocycles. The molecule has 0 saturated carbocycles. The van der Waals surface area contributed by atoms with Crippen molar-refractivity contribution < 1.29 is 4.79 Å². The van der Waals surface area contributed by atoms with Crippen LogP contribution in [-0.4, -0.2) is 43.0 Å². The van der Waals surface area contributed by atoms with Gasteiger partial charge in [0.25, 0.3) is 0 Å². The second-order valence-corrected chi connectivity index (χ2v) is 7.01. The van der Waals surface area contributed by atoms with Gasteiger partial charge in [-0.3, -0.25) is 4.79 Å². The summed E-state index contributed by atoms with van der Waals surface area (Å²) >= 11 is 0. The van der Waals surface area contributed by atoms with Gasteiger partial charge in [-0.05, 0) is 50.2 Å². The number of hydrogen-bond acceptors (Lipinski definition) is 3. The van der Waals surface area contributed by atoms with E-state index in [1.54, 1.807) is 0 Å². The summed E-state index contributed by atoms with van der Waals surface area (Å²) in [5.74, 6) is 0.848. The molecule has 0 aliphatic carbocycles. The van der Waals surface area contributed by atoms with Crippen molar-refractivity contribution in [3.8, 4) is 0 Å². The van der Waals surface area contributed by atoms with Gasteiger partial charge in [-0.1, -0.05) is 27.7 Å². The summed E-state index contributed by atoms with van der Waals surface area (Å²) in [5, 5.41) is 2.95. The fraction of sp³-hybridized carbons (Fsp3) is 0.933. The highest BCUT2D eigenvalue weighted by atomic mass is 16.2. The molecule has 0 radical (unpaired) electrons. The van der Waals surface area contributed by atoms with Crippen molar-refractivity contribution in [1.29, 1.82) is 0 Å². The first kappa shape index (κ1) is 16.4. The van der Waals surface area contributed by atoms with Gasteiger partial charge >= 0.3 is 0 Å². The number of nitrogens with zero attached hydrogens (tertiary/aromatic N) is 1. The van der Waals surface area contributed by atoms with Crippen LogP contribution in [0.25, 0.3) is 0 Å². The fourth-order valence-corrected chi connectivity index (χ4v) is 2.30. The van der Waals surface area contributed by atoms with Gasteiger partial charge in [0, 0.05) is 6.54 Å². The normalized spacial score (nSPS) is 20.3. The lowest BCUT2D eigenvalue weighted by atomic mass is 9.87. The van der Waals surface area contributed by atoms with E-state index in [1.165, 1.54) is 25.9 Å². The van der Waals surface area contributed by atoms with Crippen molar-refractivity contribution in [3.63, 3.8) is 0 Å². The lowest BCUT2D eigenvalue weighted by Crippen LogP contribution is -2.49. The van der Waals surface area contributed by atoms with Crippen LogP contribution in [0, 0.1) is 11.3 Å². The van der Waals surface area contributed by atoms with E-state index in [0.717, 1.165) is 25.4 Å². The zero-order valence-corrected chi connectivity index (χ0v) is 13.0. The minimum absolute atomic E-state index is 0.0280. The molecular weight excluding hydrogens is 238 g/mol. The van der Waals surface area contributed by atoms with Crippen LogP contribution in [0.3, 0.4) is 0 Å². The van der Waals surface area contributed by atoms with Gasteiger partial charge in [-0.25, -0.2) is 0 Å². The molecule has 1 amide bonds. The first-order chi connectivity index (χ1) is 8.80. The van der Waals surface area contributed by atoms with Crippen LogP contribution < -0.4 is 11.1 Å². The van der Waals surface area contributed by atoms with Crippen LogP contribution in [0.15, 0.2) is 0 Å². The third-order valence-corrected chi connectivity index (χ3v) is 4.04. The molecule has 1 unspecified atom stereocenters. The molecule has 1 rings (SSSR count). The van der Waals surface area contributed by atoms with E-state index in [1.807, 2.05) is 20.8 Å². The molecule has 0 aromatic rings. The maximum Gasteiger partial charge on any atom is 0.237 e. The van der Waals surface area contributed by atoms with Crippen LogP contribution in [0.4, 0.5) is 0 Å². The third-order valence-electron chi connectivity index (χ3n) is 4.04. The zero-order chi connectivity index (χ0) is 14.5. The predicted octanol–water partition coefficient (Wildman–Crippen LogP) is 1.60. The lowest BCUT2D eigenvalue weighted by Gasteiger charge is -2.30. The van der Waals surface area contributed by atoms with Crippen molar-refractivity contribution in [3.05, 3.63) is 0 Å². The Hall–Kier alpha value is -0.610. The Bertz CT molecular complexity index is 278. The maximum absolute atomic E-state index is 11.8. The minimum Gasteiger partial charge on any atom is -0.355 e. The highest BCUT2D eigenvalue weighted by molar-refractivity contribution is 5.82.